The van der Waals surface area contributed by atoms with E-state index < -0.39 is 18.0 Å². The molecule has 1 atom stereocenters. The zero-order chi connectivity index (χ0) is 14.4. The maximum Gasteiger partial charge on any atom is 0.321 e. The van der Waals surface area contributed by atoms with Crippen LogP contribution >= 0.6 is 23.2 Å². The molecule has 19 heavy (non-hydrogen) atoms. The fraction of sp³-hybridized carbons (Fsp3) is 0.333. The maximum absolute atomic E-state index is 11.7. The number of rotatable bonds is 4. The van der Waals surface area contributed by atoms with Crippen LogP contribution in [-0.2, 0) is 4.79 Å². The molecule has 3 amide bonds. The van der Waals surface area contributed by atoms with Crippen molar-refractivity contribution in [3.8, 4) is 0 Å². The Kier molecular flexibility index (Phi) is 5.92. The van der Waals surface area contributed by atoms with Crippen LogP contribution in [0.3, 0.4) is 0 Å². The van der Waals surface area contributed by atoms with Crippen LogP contribution in [0.25, 0.3) is 0 Å². The molecule has 1 aromatic carbocycles. The third-order valence-corrected chi connectivity index (χ3v) is 2.83. The van der Waals surface area contributed by atoms with Gasteiger partial charge in [-0.2, -0.15) is 0 Å². The van der Waals surface area contributed by atoms with Gasteiger partial charge in [0.25, 0.3) is 0 Å². The van der Waals surface area contributed by atoms with E-state index in [2.05, 4.69) is 16.0 Å². The summed E-state index contributed by atoms with van der Waals surface area (Å²) in [7, 11) is 0. The normalized spacial score (nSPS) is 11.6. The second-order valence-corrected chi connectivity index (χ2v) is 4.68. The Bertz CT molecular complexity index is 480. The van der Waals surface area contributed by atoms with Crippen molar-refractivity contribution >= 4 is 40.8 Å². The van der Waals surface area contributed by atoms with Crippen molar-refractivity contribution < 1.29 is 9.59 Å². The third-order valence-electron chi connectivity index (χ3n) is 2.27. The van der Waals surface area contributed by atoms with Crippen molar-refractivity contribution in [1.29, 1.82) is 0 Å². The average Bonchev–Trinajstić information content (AvgIpc) is 2.34. The molecule has 7 heteroatoms. The zero-order valence-corrected chi connectivity index (χ0v) is 12.1. The Hall–Kier alpha value is -1.46. The number of urea groups is 1. The predicted octanol–water partition coefficient (Wildman–Crippen LogP) is 2.64. The lowest BCUT2D eigenvalue weighted by atomic mass is 10.2. The van der Waals surface area contributed by atoms with Crippen molar-refractivity contribution in [3.63, 3.8) is 0 Å². The van der Waals surface area contributed by atoms with Crippen molar-refractivity contribution in [2.45, 2.75) is 19.9 Å². The summed E-state index contributed by atoms with van der Waals surface area (Å²) < 4.78 is 0. The molecule has 1 unspecified atom stereocenters. The summed E-state index contributed by atoms with van der Waals surface area (Å²) in [6.45, 7) is 3.82. The SMILES string of the molecule is CCNC(=O)NC(=O)C(C)Nc1cc(Cl)ccc1Cl. The number of anilines is 1. The fourth-order valence-electron chi connectivity index (χ4n) is 1.33. The molecule has 3 N–H and O–H groups in total. The molecule has 0 radical (unpaired) electrons. The second-order valence-electron chi connectivity index (χ2n) is 3.84. The molecule has 0 saturated heterocycles. The molecule has 1 aromatic rings. The molecule has 0 fully saturated rings. The molecule has 1 rings (SSSR count). The second kappa shape index (κ2) is 7.21. The van der Waals surface area contributed by atoms with Crippen LogP contribution in [0.1, 0.15) is 13.8 Å². The van der Waals surface area contributed by atoms with Gasteiger partial charge in [-0.3, -0.25) is 10.1 Å². The topological polar surface area (TPSA) is 70.2 Å². The number of halogens is 2. The van der Waals surface area contributed by atoms with E-state index >= 15 is 0 Å². The van der Waals surface area contributed by atoms with Crippen molar-refractivity contribution in [1.82, 2.24) is 10.6 Å². The third kappa shape index (κ3) is 4.96. The first-order chi connectivity index (χ1) is 8.93. The van der Waals surface area contributed by atoms with Gasteiger partial charge in [-0.05, 0) is 32.0 Å². The van der Waals surface area contributed by atoms with Crippen LogP contribution in [-0.4, -0.2) is 24.5 Å². The molecule has 0 saturated carbocycles. The van der Waals surface area contributed by atoms with Gasteiger partial charge in [-0.25, -0.2) is 4.79 Å². The smallest absolute Gasteiger partial charge is 0.321 e. The van der Waals surface area contributed by atoms with E-state index in [1.807, 2.05) is 0 Å². The van der Waals surface area contributed by atoms with Gasteiger partial charge in [-0.15, -0.1) is 0 Å². The Morgan fingerprint density at radius 2 is 2.00 bits per heavy atom. The average molecular weight is 304 g/mol. The van der Waals surface area contributed by atoms with E-state index in [4.69, 9.17) is 23.2 Å². The van der Waals surface area contributed by atoms with Gasteiger partial charge in [0.15, 0.2) is 0 Å². The minimum absolute atomic E-state index is 0.445. The Morgan fingerprint density at radius 1 is 1.32 bits per heavy atom. The fourth-order valence-corrected chi connectivity index (χ4v) is 1.68. The molecule has 5 nitrogen and oxygen atoms in total. The Labute approximate surface area is 121 Å². The van der Waals surface area contributed by atoms with Crippen LogP contribution in [0.2, 0.25) is 10.0 Å². The van der Waals surface area contributed by atoms with Crippen molar-refractivity contribution in [2.75, 3.05) is 11.9 Å². The maximum atomic E-state index is 11.7. The van der Waals surface area contributed by atoms with E-state index in [0.29, 0.717) is 22.3 Å². The van der Waals surface area contributed by atoms with Gasteiger partial charge in [0.1, 0.15) is 6.04 Å². The first kappa shape index (κ1) is 15.6. The lowest BCUT2D eigenvalue weighted by molar-refractivity contribution is -0.120. The van der Waals surface area contributed by atoms with Gasteiger partial charge < -0.3 is 10.6 Å². The number of hydrogen-bond donors (Lipinski definition) is 3. The molecule has 0 heterocycles. The van der Waals surface area contributed by atoms with E-state index in [9.17, 15) is 9.59 Å². The molecule has 0 aromatic heterocycles. The van der Waals surface area contributed by atoms with E-state index in [1.54, 1.807) is 32.0 Å². The molecule has 0 aliphatic heterocycles. The van der Waals surface area contributed by atoms with E-state index in [0.717, 1.165) is 0 Å². The molecule has 104 valence electrons. The number of amides is 3. The minimum Gasteiger partial charge on any atom is -0.373 e. The van der Waals surface area contributed by atoms with Gasteiger partial charge in [0, 0.05) is 11.6 Å². The summed E-state index contributed by atoms with van der Waals surface area (Å²) in [4.78, 5) is 22.9. The highest BCUT2D eigenvalue weighted by Gasteiger charge is 2.16. The number of benzene rings is 1. The van der Waals surface area contributed by atoms with Gasteiger partial charge in [0.2, 0.25) is 5.91 Å². The first-order valence-electron chi connectivity index (χ1n) is 5.74. The summed E-state index contributed by atoms with van der Waals surface area (Å²) in [5, 5.41) is 8.52. The summed E-state index contributed by atoms with van der Waals surface area (Å²) in [6.07, 6.45) is 0. The molecule has 0 aliphatic carbocycles. The monoisotopic (exact) mass is 303 g/mol. The highest BCUT2D eigenvalue weighted by Crippen LogP contribution is 2.25. The molecular weight excluding hydrogens is 289 g/mol. The minimum atomic E-state index is -0.626. The van der Waals surface area contributed by atoms with E-state index in [1.165, 1.54) is 0 Å². The number of nitrogens with one attached hydrogen (secondary N) is 3. The summed E-state index contributed by atoms with van der Waals surface area (Å²) in [6, 6.07) is 3.73. The lowest BCUT2D eigenvalue weighted by Gasteiger charge is -2.16. The molecule has 0 bridgehead atoms. The molecule has 0 spiro atoms. The highest BCUT2D eigenvalue weighted by atomic mass is 35.5. The number of imide groups is 1. The lowest BCUT2D eigenvalue weighted by Crippen LogP contribution is -2.45. The van der Waals surface area contributed by atoms with Gasteiger partial charge in [0.05, 0.1) is 10.7 Å². The summed E-state index contributed by atoms with van der Waals surface area (Å²) in [5.74, 6) is -0.456. The Balaban J connectivity index is 2.63. The number of carbonyl (C=O) groups excluding carboxylic acids is 2. The highest BCUT2D eigenvalue weighted by molar-refractivity contribution is 6.35. The predicted molar refractivity (Wildman–Crippen MR) is 76.8 cm³/mol. The van der Waals surface area contributed by atoms with Crippen LogP contribution < -0.4 is 16.0 Å². The molecule has 0 aliphatic rings. The summed E-state index contributed by atoms with van der Waals surface area (Å²) >= 11 is 11.8. The van der Waals surface area contributed by atoms with Crippen LogP contribution in [0, 0.1) is 0 Å². The zero-order valence-electron chi connectivity index (χ0n) is 10.6. The van der Waals surface area contributed by atoms with Crippen LogP contribution in [0.15, 0.2) is 18.2 Å². The van der Waals surface area contributed by atoms with Crippen LogP contribution in [0.5, 0.6) is 0 Å². The van der Waals surface area contributed by atoms with Gasteiger partial charge >= 0.3 is 6.03 Å². The standard InChI is InChI=1S/C12H15Cl2N3O2/c1-3-15-12(19)17-11(18)7(2)16-10-6-8(13)4-5-9(10)14/h4-7,16H,3H2,1-2H3,(H2,15,17,18,19). The van der Waals surface area contributed by atoms with Crippen molar-refractivity contribution in [3.05, 3.63) is 28.2 Å². The quantitative estimate of drug-likeness (QED) is 0.801. The first-order valence-corrected chi connectivity index (χ1v) is 6.50. The van der Waals surface area contributed by atoms with Gasteiger partial charge in [-0.1, -0.05) is 23.2 Å². The number of carbonyl (C=O) groups is 2. The largest absolute Gasteiger partial charge is 0.373 e. The van der Waals surface area contributed by atoms with E-state index in [-0.39, 0.29) is 0 Å². The molecular formula is C12H15Cl2N3O2. The number of hydrogen-bond acceptors (Lipinski definition) is 3. The summed E-state index contributed by atoms with van der Waals surface area (Å²) in [5.41, 5.74) is 0.535. The Morgan fingerprint density at radius 3 is 2.63 bits per heavy atom. The van der Waals surface area contributed by atoms with Crippen molar-refractivity contribution in [2.24, 2.45) is 0 Å². The van der Waals surface area contributed by atoms with Crippen LogP contribution in [0.4, 0.5) is 10.5 Å².